The smallest absolute Gasteiger partial charge is 0.293 e. The molecule has 0 radical (unpaired) electrons. The molecule has 1 heterocycles. The highest BCUT2D eigenvalue weighted by molar-refractivity contribution is 6.22. The Morgan fingerprint density at radius 3 is 1.97 bits per heavy atom. The zero-order valence-electron chi connectivity index (χ0n) is 18.6. The van der Waals surface area contributed by atoms with Crippen LogP contribution in [0.3, 0.4) is 0 Å². The maximum atomic E-state index is 12.1. The first-order valence-corrected chi connectivity index (χ1v) is 11.3. The first-order chi connectivity index (χ1) is 17.1. The molecule has 0 saturated carbocycles. The molecular weight excluding hydrogens is 436 g/mol. The van der Waals surface area contributed by atoms with Crippen molar-refractivity contribution in [2.45, 2.75) is 0 Å². The molecule has 168 valence electrons. The predicted octanol–water partition coefficient (Wildman–Crippen LogP) is 8.03. The first-order valence-electron chi connectivity index (χ1n) is 11.3. The van der Waals surface area contributed by atoms with Crippen LogP contribution in [0.25, 0.3) is 54.5 Å². The van der Waals surface area contributed by atoms with Gasteiger partial charge in [-0.3, -0.25) is 10.1 Å². The molecule has 35 heavy (non-hydrogen) atoms. The second-order valence-electron chi connectivity index (χ2n) is 8.42. The van der Waals surface area contributed by atoms with Crippen molar-refractivity contribution in [3.63, 3.8) is 0 Å². The number of nitrogens with zero attached hydrogens (tertiary/aromatic N) is 1. The van der Waals surface area contributed by atoms with Gasteiger partial charge >= 0.3 is 0 Å². The number of rotatable bonds is 2. The Balaban J connectivity index is 2.04. The Morgan fingerprint density at radius 2 is 1.20 bits per heavy atom. The number of aromatic hydroxyl groups is 1. The van der Waals surface area contributed by atoms with Gasteiger partial charge in [0.15, 0.2) is 0 Å². The number of phenolic OH excluding ortho intramolecular Hbond substituents is 1. The fraction of sp³-hybridized carbons (Fsp3) is 0. The van der Waals surface area contributed by atoms with E-state index >= 15 is 0 Å². The number of hydrogen-bond donors (Lipinski definition) is 2. The van der Waals surface area contributed by atoms with E-state index in [-0.39, 0.29) is 16.4 Å². The number of H-pyrrole nitrogens is 1. The molecule has 5 heteroatoms. The molecule has 2 N–H and O–H groups in total. The van der Waals surface area contributed by atoms with Crippen molar-refractivity contribution in [3.8, 4) is 16.9 Å². The maximum absolute atomic E-state index is 12.1. The van der Waals surface area contributed by atoms with Crippen LogP contribution in [0.5, 0.6) is 5.75 Å². The molecule has 5 nitrogen and oxygen atoms in total. The summed E-state index contributed by atoms with van der Waals surface area (Å²) in [5.41, 5.74) is 2.95. The number of non-ortho nitro benzene ring substituents is 1. The minimum absolute atomic E-state index is 0.0127. The second kappa shape index (κ2) is 8.15. The van der Waals surface area contributed by atoms with Gasteiger partial charge in [0.1, 0.15) is 11.3 Å². The molecular formula is C30H20N2O3. The van der Waals surface area contributed by atoms with Gasteiger partial charge in [0, 0.05) is 27.8 Å². The van der Waals surface area contributed by atoms with Crippen LogP contribution < -0.4 is 0 Å². The monoisotopic (exact) mass is 456 g/mol. The number of phenols is 1. The number of para-hydroxylation sites is 2. The average molecular weight is 457 g/mol. The summed E-state index contributed by atoms with van der Waals surface area (Å²) in [5.74, 6) is 0.144. The molecule has 0 unspecified atom stereocenters. The number of nitrogens with one attached hydrogen (secondary N) is 1. The quantitative estimate of drug-likeness (QED) is 0.204. The van der Waals surface area contributed by atoms with Crippen LogP contribution in [-0.2, 0) is 0 Å². The third-order valence-electron chi connectivity index (χ3n) is 6.46. The van der Waals surface area contributed by atoms with Gasteiger partial charge in [0.25, 0.3) is 5.69 Å². The Kier molecular flexibility index (Phi) is 4.82. The fourth-order valence-corrected chi connectivity index (χ4v) is 4.93. The summed E-state index contributed by atoms with van der Waals surface area (Å²) >= 11 is 0. The van der Waals surface area contributed by atoms with E-state index < -0.39 is 0 Å². The van der Waals surface area contributed by atoms with Gasteiger partial charge in [-0.1, -0.05) is 97.1 Å². The molecule has 0 amide bonds. The van der Waals surface area contributed by atoms with Crippen LogP contribution in [0.4, 0.5) is 5.69 Å². The summed E-state index contributed by atoms with van der Waals surface area (Å²) in [4.78, 5) is 15.2. The maximum Gasteiger partial charge on any atom is 0.293 e. The van der Waals surface area contributed by atoms with Crippen molar-refractivity contribution >= 4 is 49.0 Å². The van der Waals surface area contributed by atoms with Crippen molar-refractivity contribution in [1.82, 2.24) is 4.98 Å². The number of aromatic nitrogens is 1. The van der Waals surface area contributed by atoms with Crippen molar-refractivity contribution in [3.05, 3.63) is 119 Å². The number of fused-ring (bicyclic) bond motifs is 7. The number of aromatic amines is 1. The molecule has 0 fully saturated rings. The van der Waals surface area contributed by atoms with Gasteiger partial charge in [0.05, 0.1) is 10.4 Å². The molecule has 6 aromatic rings. The average Bonchev–Trinajstić information content (AvgIpc) is 2.94. The van der Waals surface area contributed by atoms with Gasteiger partial charge in [-0.2, -0.15) is 0 Å². The highest BCUT2D eigenvalue weighted by atomic mass is 16.6. The van der Waals surface area contributed by atoms with Gasteiger partial charge in [-0.15, -0.1) is 0 Å². The lowest BCUT2D eigenvalue weighted by Gasteiger charge is -2.09. The molecule has 0 aliphatic carbocycles. The second-order valence-corrected chi connectivity index (χ2v) is 8.42. The molecule has 0 atom stereocenters. The highest BCUT2D eigenvalue weighted by Gasteiger charge is 2.16. The zero-order chi connectivity index (χ0) is 23.9. The van der Waals surface area contributed by atoms with E-state index in [1.807, 2.05) is 91.0 Å². The van der Waals surface area contributed by atoms with Crippen molar-refractivity contribution < 1.29 is 10.0 Å². The van der Waals surface area contributed by atoms with Crippen molar-refractivity contribution in [2.75, 3.05) is 0 Å². The third-order valence-corrected chi connectivity index (χ3v) is 6.46. The van der Waals surface area contributed by atoms with E-state index in [4.69, 9.17) is 0 Å². The van der Waals surface area contributed by atoms with Crippen LogP contribution in [0.2, 0.25) is 0 Å². The minimum atomic E-state index is -0.359. The lowest BCUT2D eigenvalue weighted by Crippen LogP contribution is -1.91. The van der Waals surface area contributed by atoms with E-state index in [1.165, 1.54) is 6.07 Å². The predicted molar refractivity (Wildman–Crippen MR) is 142 cm³/mol. The number of benzene rings is 5. The Morgan fingerprint density at radius 1 is 0.600 bits per heavy atom. The molecule has 0 spiro atoms. The summed E-state index contributed by atoms with van der Waals surface area (Å²) in [5, 5.41) is 28.0. The minimum Gasteiger partial charge on any atom is -0.507 e. The SMILES string of the molecule is O=[N+]([O-])c1cccc2c1[nH]c1c(-c3ccccc3)cccc1c1c(O)cccc1c1ccccc21. The summed E-state index contributed by atoms with van der Waals surface area (Å²) in [6.45, 7) is 0. The Hall–Kier alpha value is -4.90. The third kappa shape index (κ3) is 3.33. The highest BCUT2D eigenvalue weighted by Crippen LogP contribution is 2.39. The first kappa shape index (κ1) is 20.7. The molecule has 6 rings (SSSR count). The lowest BCUT2D eigenvalue weighted by molar-refractivity contribution is -0.383. The molecule has 1 aromatic heterocycles. The number of nitro groups is 1. The number of hydrogen-bond acceptors (Lipinski definition) is 3. The fourth-order valence-electron chi connectivity index (χ4n) is 4.93. The van der Waals surface area contributed by atoms with Gasteiger partial charge in [0.2, 0.25) is 0 Å². The van der Waals surface area contributed by atoms with E-state index in [0.29, 0.717) is 16.4 Å². The molecule has 0 bridgehead atoms. The molecule has 0 aliphatic rings. The van der Waals surface area contributed by atoms with Crippen LogP contribution in [0, 0.1) is 10.1 Å². The molecule has 5 aromatic carbocycles. The van der Waals surface area contributed by atoms with Crippen LogP contribution in [0.15, 0.2) is 109 Å². The van der Waals surface area contributed by atoms with Gasteiger partial charge in [-0.05, 0) is 27.8 Å². The van der Waals surface area contributed by atoms with Gasteiger partial charge in [-0.25, -0.2) is 0 Å². The van der Waals surface area contributed by atoms with Crippen LogP contribution >= 0.6 is 0 Å². The number of nitro benzene ring substituents is 1. The standard InChI is InChI=1S/C30H20N2O3/c33-27-18-8-14-23-21-11-4-5-12-22(21)24-15-7-17-26(32(34)35)30(24)31-29-20(19-9-2-1-3-10-19)13-6-16-25(29)28(23)27/h1-18,31,33H. The molecule has 0 aliphatic heterocycles. The zero-order valence-corrected chi connectivity index (χ0v) is 18.6. The summed E-state index contributed by atoms with van der Waals surface area (Å²) in [6.07, 6.45) is 0. The van der Waals surface area contributed by atoms with Gasteiger partial charge < -0.3 is 10.1 Å². The largest absolute Gasteiger partial charge is 0.507 e. The van der Waals surface area contributed by atoms with Crippen LogP contribution in [0.1, 0.15) is 0 Å². The van der Waals surface area contributed by atoms with Crippen LogP contribution in [-0.4, -0.2) is 15.0 Å². The summed E-state index contributed by atoms with van der Waals surface area (Å²) in [7, 11) is 0. The van der Waals surface area contributed by atoms with E-state index in [1.54, 1.807) is 12.1 Å². The summed E-state index contributed by atoms with van der Waals surface area (Å²) < 4.78 is 0. The van der Waals surface area contributed by atoms with E-state index in [2.05, 4.69) is 4.98 Å². The summed E-state index contributed by atoms with van der Waals surface area (Å²) in [6, 6.07) is 34.2. The normalized spacial score (nSPS) is 11.2. The van der Waals surface area contributed by atoms with E-state index in [9.17, 15) is 15.2 Å². The molecule has 0 saturated heterocycles. The topological polar surface area (TPSA) is 79.2 Å². The van der Waals surface area contributed by atoms with E-state index in [0.717, 1.165) is 38.1 Å². The lowest BCUT2D eigenvalue weighted by atomic mass is 9.98. The van der Waals surface area contributed by atoms with Crippen molar-refractivity contribution in [2.24, 2.45) is 0 Å². The Bertz CT molecular complexity index is 1840. The van der Waals surface area contributed by atoms with Crippen molar-refractivity contribution in [1.29, 1.82) is 0 Å². The Labute approximate surface area is 200 Å².